The van der Waals surface area contributed by atoms with E-state index in [0.717, 1.165) is 12.1 Å². The van der Waals surface area contributed by atoms with Crippen LogP contribution in [0.25, 0.3) is 0 Å². The Balaban J connectivity index is 2.28. The van der Waals surface area contributed by atoms with E-state index in [4.69, 9.17) is 0 Å². The third kappa shape index (κ3) is 7.00. The maximum absolute atomic E-state index is 12.0. The highest BCUT2D eigenvalue weighted by atomic mass is 16.1. The van der Waals surface area contributed by atoms with E-state index in [1.54, 1.807) is 0 Å². The molecular weight excluding hydrogens is 234 g/mol. The van der Waals surface area contributed by atoms with Crippen molar-refractivity contribution in [1.29, 1.82) is 0 Å². The number of benzene rings is 1. The Kier molecular flexibility index (Phi) is 7.95. The van der Waals surface area contributed by atoms with Crippen molar-refractivity contribution in [2.75, 3.05) is 5.32 Å². The second-order valence-electron chi connectivity index (χ2n) is 5.24. The van der Waals surface area contributed by atoms with Crippen molar-refractivity contribution in [2.45, 2.75) is 58.8 Å². The van der Waals surface area contributed by atoms with Gasteiger partial charge in [-0.2, -0.15) is 0 Å². The van der Waals surface area contributed by atoms with Crippen LogP contribution in [-0.2, 0) is 4.79 Å². The zero-order valence-corrected chi connectivity index (χ0v) is 12.3. The molecule has 2 heteroatoms. The van der Waals surface area contributed by atoms with E-state index < -0.39 is 0 Å². The van der Waals surface area contributed by atoms with Gasteiger partial charge in [-0.05, 0) is 24.5 Å². The first-order valence-electron chi connectivity index (χ1n) is 7.61. The summed E-state index contributed by atoms with van der Waals surface area (Å²) in [7, 11) is 0. The molecule has 19 heavy (non-hydrogen) atoms. The van der Waals surface area contributed by atoms with E-state index in [-0.39, 0.29) is 5.91 Å². The number of hydrogen-bond donors (Lipinski definition) is 1. The van der Waals surface area contributed by atoms with Gasteiger partial charge in [-0.3, -0.25) is 4.79 Å². The van der Waals surface area contributed by atoms with E-state index in [2.05, 4.69) is 19.2 Å². The number of para-hydroxylation sites is 1. The Bertz CT molecular complexity index is 348. The van der Waals surface area contributed by atoms with E-state index in [0.29, 0.717) is 12.3 Å². The van der Waals surface area contributed by atoms with Crippen LogP contribution in [0.15, 0.2) is 30.3 Å². The second kappa shape index (κ2) is 9.60. The van der Waals surface area contributed by atoms with Crippen LogP contribution < -0.4 is 5.32 Å². The van der Waals surface area contributed by atoms with Crippen LogP contribution in [0.3, 0.4) is 0 Å². The minimum Gasteiger partial charge on any atom is -0.326 e. The monoisotopic (exact) mass is 261 g/mol. The van der Waals surface area contributed by atoms with E-state index in [1.165, 1.54) is 32.1 Å². The van der Waals surface area contributed by atoms with Gasteiger partial charge in [-0.15, -0.1) is 0 Å². The molecule has 1 amide bonds. The zero-order valence-electron chi connectivity index (χ0n) is 12.3. The third-order valence-electron chi connectivity index (χ3n) is 3.57. The SMILES string of the molecule is CCCCCCC(CC)CC(=O)Nc1ccccc1. The van der Waals surface area contributed by atoms with Gasteiger partial charge in [0, 0.05) is 12.1 Å². The lowest BCUT2D eigenvalue weighted by Gasteiger charge is -2.14. The minimum atomic E-state index is 0.147. The Morgan fingerprint density at radius 2 is 1.84 bits per heavy atom. The van der Waals surface area contributed by atoms with Crippen LogP contribution in [0.4, 0.5) is 5.69 Å². The maximum Gasteiger partial charge on any atom is 0.224 e. The number of unbranched alkanes of at least 4 members (excludes halogenated alkanes) is 3. The summed E-state index contributed by atoms with van der Waals surface area (Å²) in [6.45, 7) is 4.41. The van der Waals surface area contributed by atoms with E-state index in [9.17, 15) is 4.79 Å². The van der Waals surface area contributed by atoms with Crippen molar-refractivity contribution in [2.24, 2.45) is 5.92 Å². The first kappa shape index (κ1) is 15.7. The molecule has 1 aromatic carbocycles. The average molecular weight is 261 g/mol. The molecule has 1 aromatic rings. The van der Waals surface area contributed by atoms with Gasteiger partial charge < -0.3 is 5.32 Å². The summed E-state index contributed by atoms with van der Waals surface area (Å²) in [6.07, 6.45) is 8.06. The lowest BCUT2D eigenvalue weighted by Crippen LogP contribution is -2.16. The van der Waals surface area contributed by atoms with Crippen molar-refractivity contribution < 1.29 is 4.79 Å². The highest BCUT2D eigenvalue weighted by Gasteiger charge is 2.11. The van der Waals surface area contributed by atoms with Gasteiger partial charge in [0.2, 0.25) is 5.91 Å². The molecule has 2 nitrogen and oxygen atoms in total. The molecule has 0 bridgehead atoms. The smallest absolute Gasteiger partial charge is 0.224 e. The standard InChI is InChI=1S/C17H27NO/c1-3-5-6-8-11-15(4-2)14-17(19)18-16-12-9-7-10-13-16/h7,9-10,12-13,15H,3-6,8,11,14H2,1-2H3,(H,18,19). The summed E-state index contributed by atoms with van der Waals surface area (Å²) in [4.78, 5) is 12.0. The number of rotatable bonds is 9. The summed E-state index contributed by atoms with van der Waals surface area (Å²) in [5.74, 6) is 0.675. The summed E-state index contributed by atoms with van der Waals surface area (Å²) in [5, 5.41) is 2.97. The van der Waals surface area contributed by atoms with Gasteiger partial charge in [0.05, 0.1) is 0 Å². The van der Waals surface area contributed by atoms with Crippen molar-refractivity contribution in [3.63, 3.8) is 0 Å². The molecule has 0 spiro atoms. The van der Waals surface area contributed by atoms with Crippen LogP contribution in [0.5, 0.6) is 0 Å². The number of amides is 1. The molecule has 0 aromatic heterocycles. The molecule has 0 radical (unpaired) electrons. The Hall–Kier alpha value is -1.31. The predicted octanol–water partition coefficient (Wildman–Crippen LogP) is 5.01. The van der Waals surface area contributed by atoms with Crippen LogP contribution in [-0.4, -0.2) is 5.91 Å². The molecule has 106 valence electrons. The average Bonchev–Trinajstić information content (AvgIpc) is 2.43. The number of carbonyl (C=O) groups is 1. The zero-order chi connectivity index (χ0) is 13.9. The summed E-state index contributed by atoms with van der Waals surface area (Å²) < 4.78 is 0. The Morgan fingerprint density at radius 3 is 2.47 bits per heavy atom. The van der Waals surface area contributed by atoms with Gasteiger partial charge in [-0.1, -0.05) is 64.2 Å². The molecular formula is C17H27NO. The Labute approximate surface area is 117 Å². The fourth-order valence-corrected chi connectivity index (χ4v) is 2.31. The largest absolute Gasteiger partial charge is 0.326 e. The van der Waals surface area contributed by atoms with Gasteiger partial charge >= 0.3 is 0 Å². The molecule has 1 unspecified atom stereocenters. The molecule has 0 heterocycles. The molecule has 1 atom stereocenters. The van der Waals surface area contributed by atoms with Gasteiger partial charge in [0.1, 0.15) is 0 Å². The van der Waals surface area contributed by atoms with Crippen LogP contribution in [0.1, 0.15) is 58.8 Å². The lowest BCUT2D eigenvalue weighted by atomic mass is 9.94. The number of anilines is 1. The number of hydrogen-bond acceptors (Lipinski definition) is 1. The van der Waals surface area contributed by atoms with Crippen molar-refractivity contribution >= 4 is 11.6 Å². The fraction of sp³-hybridized carbons (Fsp3) is 0.588. The first-order valence-corrected chi connectivity index (χ1v) is 7.61. The highest BCUT2D eigenvalue weighted by molar-refractivity contribution is 5.90. The molecule has 0 aliphatic heterocycles. The molecule has 0 saturated heterocycles. The highest BCUT2D eigenvalue weighted by Crippen LogP contribution is 2.18. The van der Waals surface area contributed by atoms with Gasteiger partial charge in [0.25, 0.3) is 0 Å². The molecule has 0 fully saturated rings. The van der Waals surface area contributed by atoms with Crippen LogP contribution in [0, 0.1) is 5.92 Å². The Morgan fingerprint density at radius 1 is 1.11 bits per heavy atom. The molecule has 0 aliphatic carbocycles. The summed E-state index contributed by atoms with van der Waals surface area (Å²) >= 11 is 0. The van der Waals surface area contributed by atoms with Gasteiger partial charge in [-0.25, -0.2) is 0 Å². The minimum absolute atomic E-state index is 0.147. The third-order valence-corrected chi connectivity index (χ3v) is 3.57. The van der Waals surface area contributed by atoms with E-state index >= 15 is 0 Å². The topological polar surface area (TPSA) is 29.1 Å². The molecule has 1 N–H and O–H groups in total. The molecule has 0 aliphatic rings. The van der Waals surface area contributed by atoms with Crippen molar-refractivity contribution in [3.05, 3.63) is 30.3 Å². The second-order valence-corrected chi connectivity index (χ2v) is 5.24. The summed E-state index contributed by atoms with van der Waals surface area (Å²) in [6, 6.07) is 9.70. The predicted molar refractivity (Wildman–Crippen MR) is 82.2 cm³/mol. The van der Waals surface area contributed by atoms with Gasteiger partial charge in [0.15, 0.2) is 0 Å². The van der Waals surface area contributed by atoms with Crippen molar-refractivity contribution in [1.82, 2.24) is 0 Å². The number of carbonyl (C=O) groups excluding carboxylic acids is 1. The molecule has 0 saturated carbocycles. The van der Waals surface area contributed by atoms with Crippen LogP contribution in [0.2, 0.25) is 0 Å². The quantitative estimate of drug-likeness (QED) is 0.622. The first-order chi connectivity index (χ1) is 9.26. The fourth-order valence-electron chi connectivity index (χ4n) is 2.31. The number of nitrogens with one attached hydrogen (secondary N) is 1. The van der Waals surface area contributed by atoms with E-state index in [1.807, 2.05) is 30.3 Å². The van der Waals surface area contributed by atoms with Crippen molar-refractivity contribution in [3.8, 4) is 0 Å². The van der Waals surface area contributed by atoms with Crippen LogP contribution >= 0.6 is 0 Å². The maximum atomic E-state index is 12.0. The lowest BCUT2D eigenvalue weighted by molar-refractivity contribution is -0.117. The normalized spacial score (nSPS) is 12.1. The molecule has 1 rings (SSSR count). The summed E-state index contributed by atoms with van der Waals surface area (Å²) in [5.41, 5.74) is 0.897.